The van der Waals surface area contributed by atoms with Crippen molar-refractivity contribution in [3.8, 4) is 0 Å². The monoisotopic (exact) mass is 305 g/mol. The van der Waals surface area contributed by atoms with Crippen LogP contribution >= 0.6 is 0 Å². The summed E-state index contributed by atoms with van der Waals surface area (Å²) in [4.78, 5) is 35.5. The van der Waals surface area contributed by atoms with E-state index in [4.69, 9.17) is 0 Å². The summed E-state index contributed by atoms with van der Waals surface area (Å²) in [6.45, 7) is 7.92. The van der Waals surface area contributed by atoms with Gasteiger partial charge in [0.1, 0.15) is 17.8 Å². The molecule has 0 bridgehead atoms. The molecule has 1 saturated heterocycles. The Labute approximate surface area is 130 Å². The van der Waals surface area contributed by atoms with Crippen LogP contribution in [0.25, 0.3) is 0 Å². The average Bonchev–Trinajstić information content (AvgIpc) is 2.54. The van der Waals surface area contributed by atoms with Crippen molar-refractivity contribution in [3.05, 3.63) is 18.1 Å². The summed E-state index contributed by atoms with van der Waals surface area (Å²) in [6.07, 6.45) is 2.38. The zero-order valence-electron chi connectivity index (χ0n) is 13.4. The molecule has 22 heavy (non-hydrogen) atoms. The van der Waals surface area contributed by atoms with E-state index >= 15 is 0 Å². The standard InChI is InChI=1S/C15H23N5O2/c1-4-11(2)18-14-9-13(16-10-17-14)15(22)20-7-5-19(6-8-20)12(3)21/h9-11H,4-8H2,1-3H3,(H,16,17,18). The van der Waals surface area contributed by atoms with Gasteiger partial charge in [0.25, 0.3) is 5.91 Å². The fraction of sp³-hybridized carbons (Fsp3) is 0.600. The van der Waals surface area contributed by atoms with Crippen molar-refractivity contribution in [2.45, 2.75) is 33.2 Å². The second-order valence-corrected chi connectivity index (χ2v) is 5.54. The molecule has 1 N–H and O–H groups in total. The number of nitrogens with zero attached hydrogens (tertiary/aromatic N) is 4. The van der Waals surface area contributed by atoms with E-state index in [9.17, 15) is 9.59 Å². The third kappa shape index (κ3) is 3.93. The van der Waals surface area contributed by atoms with Crippen LogP contribution < -0.4 is 5.32 Å². The molecule has 0 spiro atoms. The number of anilines is 1. The minimum atomic E-state index is -0.113. The third-order valence-electron chi connectivity index (χ3n) is 3.91. The first-order valence-corrected chi connectivity index (χ1v) is 7.64. The Morgan fingerprint density at radius 2 is 1.86 bits per heavy atom. The molecule has 0 aliphatic carbocycles. The van der Waals surface area contributed by atoms with Crippen molar-refractivity contribution in [2.75, 3.05) is 31.5 Å². The molecular weight excluding hydrogens is 282 g/mol. The summed E-state index contributed by atoms with van der Waals surface area (Å²) >= 11 is 0. The van der Waals surface area contributed by atoms with Crippen molar-refractivity contribution in [2.24, 2.45) is 0 Å². The van der Waals surface area contributed by atoms with Crippen LogP contribution in [0.2, 0.25) is 0 Å². The van der Waals surface area contributed by atoms with E-state index in [-0.39, 0.29) is 17.9 Å². The smallest absolute Gasteiger partial charge is 0.272 e. The molecule has 1 fully saturated rings. The summed E-state index contributed by atoms with van der Waals surface area (Å²) in [5.74, 6) is 0.599. The molecule has 0 saturated carbocycles. The Morgan fingerprint density at radius 1 is 1.23 bits per heavy atom. The molecule has 1 aromatic rings. The Morgan fingerprint density at radius 3 is 2.45 bits per heavy atom. The minimum Gasteiger partial charge on any atom is -0.368 e. The highest BCUT2D eigenvalue weighted by molar-refractivity contribution is 5.93. The normalized spacial score (nSPS) is 16.3. The number of nitrogens with one attached hydrogen (secondary N) is 1. The Balaban J connectivity index is 2.01. The molecule has 1 unspecified atom stereocenters. The van der Waals surface area contributed by atoms with Crippen molar-refractivity contribution < 1.29 is 9.59 Å². The summed E-state index contributed by atoms with van der Waals surface area (Å²) < 4.78 is 0. The van der Waals surface area contributed by atoms with Gasteiger partial charge in [-0.3, -0.25) is 9.59 Å². The number of aromatic nitrogens is 2. The van der Waals surface area contributed by atoms with Gasteiger partial charge in [-0.25, -0.2) is 9.97 Å². The van der Waals surface area contributed by atoms with E-state index in [0.29, 0.717) is 37.7 Å². The molecule has 1 aromatic heterocycles. The van der Waals surface area contributed by atoms with Gasteiger partial charge in [-0.15, -0.1) is 0 Å². The lowest BCUT2D eigenvalue weighted by Crippen LogP contribution is -2.50. The Bertz CT molecular complexity index is 540. The van der Waals surface area contributed by atoms with Gasteiger partial charge in [-0.05, 0) is 13.3 Å². The molecule has 120 valence electrons. The van der Waals surface area contributed by atoms with Crippen LogP contribution in [0.5, 0.6) is 0 Å². The maximum absolute atomic E-state index is 12.5. The molecule has 2 heterocycles. The Kier molecular flexibility index (Phi) is 5.30. The SMILES string of the molecule is CCC(C)Nc1cc(C(=O)N2CCN(C(C)=O)CC2)ncn1. The summed E-state index contributed by atoms with van der Waals surface area (Å²) in [5, 5.41) is 3.24. The second kappa shape index (κ2) is 7.20. The Hall–Kier alpha value is -2.18. The van der Waals surface area contributed by atoms with Gasteiger partial charge in [0.05, 0.1) is 0 Å². The van der Waals surface area contributed by atoms with Crippen LogP contribution in [-0.4, -0.2) is 63.8 Å². The lowest BCUT2D eigenvalue weighted by atomic mass is 10.2. The molecule has 2 rings (SSSR count). The topological polar surface area (TPSA) is 78.4 Å². The van der Waals surface area contributed by atoms with Crippen LogP contribution in [-0.2, 0) is 4.79 Å². The number of rotatable bonds is 4. The van der Waals surface area contributed by atoms with Gasteiger partial charge >= 0.3 is 0 Å². The molecule has 1 atom stereocenters. The largest absolute Gasteiger partial charge is 0.368 e. The number of hydrogen-bond acceptors (Lipinski definition) is 5. The quantitative estimate of drug-likeness (QED) is 0.897. The number of carbonyl (C=O) groups excluding carboxylic acids is 2. The van der Waals surface area contributed by atoms with E-state index in [2.05, 4.69) is 29.1 Å². The van der Waals surface area contributed by atoms with Crippen molar-refractivity contribution in [3.63, 3.8) is 0 Å². The fourth-order valence-electron chi connectivity index (χ4n) is 2.29. The van der Waals surface area contributed by atoms with Crippen molar-refractivity contribution in [1.29, 1.82) is 0 Å². The van der Waals surface area contributed by atoms with Gasteiger partial charge in [-0.1, -0.05) is 6.92 Å². The lowest BCUT2D eigenvalue weighted by molar-refractivity contribution is -0.130. The minimum absolute atomic E-state index is 0.0502. The highest BCUT2D eigenvalue weighted by Gasteiger charge is 2.24. The van der Waals surface area contributed by atoms with Gasteiger partial charge in [0.2, 0.25) is 5.91 Å². The van der Waals surface area contributed by atoms with E-state index < -0.39 is 0 Å². The zero-order chi connectivity index (χ0) is 16.1. The van der Waals surface area contributed by atoms with E-state index in [0.717, 1.165) is 6.42 Å². The van der Waals surface area contributed by atoms with Crippen molar-refractivity contribution >= 4 is 17.6 Å². The number of piperazine rings is 1. The van der Waals surface area contributed by atoms with Gasteiger partial charge in [0.15, 0.2) is 0 Å². The molecule has 0 aromatic carbocycles. The zero-order valence-corrected chi connectivity index (χ0v) is 13.4. The molecular formula is C15H23N5O2. The third-order valence-corrected chi connectivity index (χ3v) is 3.91. The number of carbonyl (C=O) groups is 2. The maximum atomic E-state index is 12.5. The maximum Gasteiger partial charge on any atom is 0.272 e. The lowest BCUT2D eigenvalue weighted by Gasteiger charge is -2.34. The molecule has 1 aliphatic rings. The fourth-order valence-corrected chi connectivity index (χ4v) is 2.29. The van der Waals surface area contributed by atoms with Crippen LogP contribution in [0.3, 0.4) is 0 Å². The summed E-state index contributed by atoms with van der Waals surface area (Å²) in [7, 11) is 0. The highest BCUT2D eigenvalue weighted by Crippen LogP contribution is 2.11. The van der Waals surface area contributed by atoms with E-state index in [1.165, 1.54) is 6.33 Å². The molecule has 1 aliphatic heterocycles. The molecule has 2 amide bonds. The first-order chi connectivity index (χ1) is 10.5. The van der Waals surface area contributed by atoms with E-state index in [1.807, 2.05) is 0 Å². The highest BCUT2D eigenvalue weighted by atomic mass is 16.2. The van der Waals surface area contributed by atoms with Crippen LogP contribution in [0.4, 0.5) is 5.82 Å². The van der Waals surface area contributed by atoms with Gasteiger partial charge in [0, 0.05) is 45.2 Å². The average molecular weight is 305 g/mol. The van der Waals surface area contributed by atoms with Crippen molar-refractivity contribution in [1.82, 2.24) is 19.8 Å². The molecule has 0 radical (unpaired) electrons. The van der Waals surface area contributed by atoms with Crippen LogP contribution in [0.1, 0.15) is 37.7 Å². The second-order valence-electron chi connectivity index (χ2n) is 5.54. The van der Waals surface area contributed by atoms with Crippen LogP contribution in [0.15, 0.2) is 12.4 Å². The van der Waals surface area contributed by atoms with Crippen LogP contribution in [0, 0.1) is 0 Å². The predicted octanol–water partition coefficient (Wildman–Crippen LogP) is 0.991. The first kappa shape index (κ1) is 16.2. The number of amides is 2. The molecule has 7 nitrogen and oxygen atoms in total. The summed E-state index contributed by atoms with van der Waals surface area (Å²) in [6, 6.07) is 1.98. The summed E-state index contributed by atoms with van der Waals surface area (Å²) in [5.41, 5.74) is 0.386. The number of hydrogen-bond donors (Lipinski definition) is 1. The van der Waals surface area contributed by atoms with Gasteiger partial charge < -0.3 is 15.1 Å². The van der Waals surface area contributed by atoms with E-state index in [1.54, 1.807) is 22.8 Å². The van der Waals surface area contributed by atoms with Gasteiger partial charge in [-0.2, -0.15) is 0 Å². The predicted molar refractivity (Wildman–Crippen MR) is 83.6 cm³/mol. The first-order valence-electron chi connectivity index (χ1n) is 7.64. The molecule has 7 heteroatoms.